The van der Waals surface area contributed by atoms with Crippen LogP contribution in [0, 0.1) is 0 Å². The second kappa shape index (κ2) is 5.07. The summed E-state index contributed by atoms with van der Waals surface area (Å²) >= 11 is 0. The summed E-state index contributed by atoms with van der Waals surface area (Å²) in [4.78, 5) is 4.28. The molecule has 0 aliphatic heterocycles. The van der Waals surface area contributed by atoms with Gasteiger partial charge in [0, 0.05) is 19.2 Å². The van der Waals surface area contributed by atoms with Crippen LogP contribution in [0.3, 0.4) is 0 Å². The van der Waals surface area contributed by atoms with E-state index in [1.165, 1.54) is 0 Å². The van der Waals surface area contributed by atoms with E-state index < -0.39 is 0 Å². The first-order valence-corrected chi connectivity index (χ1v) is 5.40. The fraction of sp³-hybridized carbons (Fsp3) is 0.333. The van der Waals surface area contributed by atoms with E-state index in [4.69, 9.17) is 15.0 Å². The molecule has 2 N–H and O–H groups in total. The van der Waals surface area contributed by atoms with Crippen LogP contribution in [0.1, 0.15) is 24.4 Å². The van der Waals surface area contributed by atoms with Gasteiger partial charge in [0.25, 0.3) is 5.89 Å². The lowest BCUT2D eigenvalue weighted by atomic mass is 10.1. The van der Waals surface area contributed by atoms with Gasteiger partial charge in [0.2, 0.25) is 5.82 Å². The van der Waals surface area contributed by atoms with Crippen molar-refractivity contribution in [3.05, 3.63) is 35.7 Å². The third-order valence-corrected chi connectivity index (χ3v) is 2.57. The predicted octanol–water partition coefficient (Wildman–Crippen LogP) is 1.90. The molecule has 2 aromatic rings. The molecule has 90 valence electrons. The number of ether oxygens (including phenoxy) is 1. The Labute approximate surface area is 99.6 Å². The van der Waals surface area contributed by atoms with Crippen LogP contribution in [0.25, 0.3) is 11.5 Å². The van der Waals surface area contributed by atoms with Crippen LogP contribution in [0.4, 0.5) is 0 Å². The molecule has 0 saturated carbocycles. The molecule has 0 radical (unpaired) electrons. The standard InChI is InChI=1S/C12H15N3O2/c1-8(16-2)11-14-12(17-15-11)10-5-3-4-9(6-10)7-13/h3-6,8H,7,13H2,1-2H3. The second-order valence-corrected chi connectivity index (χ2v) is 3.74. The minimum atomic E-state index is -0.176. The number of benzene rings is 1. The number of hydrogen-bond acceptors (Lipinski definition) is 5. The molecule has 0 bridgehead atoms. The summed E-state index contributed by atoms with van der Waals surface area (Å²) < 4.78 is 10.3. The summed E-state index contributed by atoms with van der Waals surface area (Å²) in [5.41, 5.74) is 7.49. The Morgan fingerprint density at radius 2 is 2.29 bits per heavy atom. The number of nitrogens with zero attached hydrogens (tertiary/aromatic N) is 2. The molecule has 5 nitrogen and oxygen atoms in total. The number of aromatic nitrogens is 2. The van der Waals surface area contributed by atoms with Gasteiger partial charge in [-0.2, -0.15) is 4.98 Å². The topological polar surface area (TPSA) is 74.2 Å². The lowest BCUT2D eigenvalue weighted by molar-refractivity contribution is 0.109. The maximum absolute atomic E-state index is 5.59. The molecule has 1 atom stereocenters. The molecule has 0 aliphatic carbocycles. The third-order valence-electron chi connectivity index (χ3n) is 2.57. The predicted molar refractivity (Wildman–Crippen MR) is 63.0 cm³/mol. The van der Waals surface area contributed by atoms with E-state index in [9.17, 15) is 0 Å². The highest BCUT2D eigenvalue weighted by molar-refractivity contribution is 5.54. The van der Waals surface area contributed by atoms with Gasteiger partial charge in [0.1, 0.15) is 6.10 Å². The molecule has 5 heteroatoms. The highest BCUT2D eigenvalue weighted by Gasteiger charge is 2.14. The number of rotatable bonds is 4. The summed E-state index contributed by atoms with van der Waals surface area (Å²) in [6.07, 6.45) is -0.176. The highest BCUT2D eigenvalue weighted by Crippen LogP contribution is 2.21. The molecular weight excluding hydrogens is 218 g/mol. The zero-order chi connectivity index (χ0) is 12.3. The minimum Gasteiger partial charge on any atom is -0.374 e. The SMILES string of the molecule is COC(C)c1noc(-c2cccc(CN)c2)n1. The lowest BCUT2D eigenvalue weighted by Gasteiger charge is -2.01. The summed E-state index contributed by atoms with van der Waals surface area (Å²) in [5.74, 6) is 1.03. The van der Waals surface area contributed by atoms with Crippen molar-refractivity contribution in [3.8, 4) is 11.5 Å². The average molecular weight is 233 g/mol. The van der Waals surface area contributed by atoms with Crippen LogP contribution in [0.15, 0.2) is 28.8 Å². The van der Waals surface area contributed by atoms with Crippen molar-refractivity contribution in [1.29, 1.82) is 0 Å². The second-order valence-electron chi connectivity index (χ2n) is 3.74. The molecule has 1 aromatic carbocycles. The zero-order valence-corrected chi connectivity index (χ0v) is 9.88. The van der Waals surface area contributed by atoms with Crippen LogP contribution in [-0.2, 0) is 11.3 Å². The van der Waals surface area contributed by atoms with E-state index >= 15 is 0 Å². The quantitative estimate of drug-likeness (QED) is 0.873. The van der Waals surface area contributed by atoms with Crippen molar-refractivity contribution < 1.29 is 9.26 Å². The Morgan fingerprint density at radius 3 is 3.00 bits per heavy atom. The van der Waals surface area contributed by atoms with Crippen LogP contribution in [0.5, 0.6) is 0 Å². The van der Waals surface area contributed by atoms with Crippen molar-refractivity contribution in [3.63, 3.8) is 0 Å². The van der Waals surface area contributed by atoms with E-state index in [-0.39, 0.29) is 6.10 Å². The normalized spacial score (nSPS) is 12.6. The molecule has 0 saturated heterocycles. The van der Waals surface area contributed by atoms with Gasteiger partial charge >= 0.3 is 0 Å². The molecule has 1 unspecified atom stereocenters. The molecular formula is C12H15N3O2. The molecule has 2 rings (SSSR count). The minimum absolute atomic E-state index is 0.176. The smallest absolute Gasteiger partial charge is 0.258 e. The number of methoxy groups -OCH3 is 1. The van der Waals surface area contributed by atoms with E-state index in [2.05, 4.69) is 10.1 Å². The summed E-state index contributed by atoms with van der Waals surface area (Å²) in [6.45, 7) is 2.36. The third kappa shape index (κ3) is 2.51. The van der Waals surface area contributed by atoms with E-state index in [0.717, 1.165) is 11.1 Å². The first kappa shape index (κ1) is 11.8. The number of hydrogen-bond donors (Lipinski definition) is 1. The average Bonchev–Trinajstić information content (AvgIpc) is 2.87. The van der Waals surface area contributed by atoms with Crippen LogP contribution in [-0.4, -0.2) is 17.3 Å². The van der Waals surface area contributed by atoms with E-state index in [1.54, 1.807) is 7.11 Å². The Balaban J connectivity index is 2.30. The van der Waals surface area contributed by atoms with Crippen molar-refractivity contribution in [2.24, 2.45) is 5.73 Å². The molecule has 1 heterocycles. The van der Waals surface area contributed by atoms with Crippen LogP contribution in [0.2, 0.25) is 0 Å². The Hall–Kier alpha value is -1.72. The summed E-state index contributed by atoms with van der Waals surface area (Å²) in [5, 5.41) is 3.88. The van der Waals surface area contributed by atoms with Gasteiger partial charge in [-0.15, -0.1) is 0 Å². The number of nitrogens with two attached hydrogens (primary N) is 1. The van der Waals surface area contributed by atoms with E-state index in [0.29, 0.717) is 18.3 Å². The Morgan fingerprint density at radius 1 is 1.47 bits per heavy atom. The van der Waals surface area contributed by atoms with Crippen molar-refractivity contribution >= 4 is 0 Å². The first-order chi connectivity index (χ1) is 8.24. The highest BCUT2D eigenvalue weighted by atomic mass is 16.5. The van der Waals surface area contributed by atoms with Crippen molar-refractivity contribution in [1.82, 2.24) is 10.1 Å². The molecule has 0 spiro atoms. The molecule has 17 heavy (non-hydrogen) atoms. The largest absolute Gasteiger partial charge is 0.374 e. The van der Waals surface area contributed by atoms with Gasteiger partial charge in [-0.25, -0.2) is 0 Å². The van der Waals surface area contributed by atoms with Gasteiger partial charge in [0.05, 0.1) is 0 Å². The van der Waals surface area contributed by atoms with Gasteiger partial charge in [-0.05, 0) is 24.6 Å². The monoisotopic (exact) mass is 233 g/mol. The molecule has 0 aliphatic rings. The summed E-state index contributed by atoms with van der Waals surface area (Å²) in [6, 6.07) is 7.72. The Bertz CT molecular complexity index is 496. The van der Waals surface area contributed by atoms with Gasteiger partial charge in [0.15, 0.2) is 0 Å². The van der Waals surface area contributed by atoms with E-state index in [1.807, 2.05) is 31.2 Å². The Kier molecular flexibility index (Phi) is 3.51. The van der Waals surface area contributed by atoms with Gasteiger partial charge in [-0.3, -0.25) is 0 Å². The van der Waals surface area contributed by atoms with Crippen LogP contribution < -0.4 is 5.73 Å². The maximum atomic E-state index is 5.59. The van der Waals surface area contributed by atoms with Gasteiger partial charge in [-0.1, -0.05) is 17.3 Å². The lowest BCUT2D eigenvalue weighted by Crippen LogP contribution is -1.98. The van der Waals surface area contributed by atoms with Crippen molar-refractivity contribution in [2.45, 2.75) is 19.6 Å². The van der Waals surface area contributed by atoms with Crippen LogP contribution >= 0.6 is 0 Å². The molecule has 1 aromatic heterocycles. The zero-order valence-electron chi connectivity index (χ0n) is 9.88. The van der Waals surface area contributed by atoms with Gasteiger partial charge < -0.3 is 15.0 Å². The fourth-order valence-electron chi connectivity index (χ4n) is 1.45. The molecule has 0 fully saturated rings. The maximum Gasteiger partial charge on any atom is 0.258 e. The molecule has 0 amide bonds. The van der Waals surface area contributed by atoms with Crippen molar-refractivity contribution in [2.75, 3.05) is 7.11 Å². The first-order valence-electron chi connectivity index (χ1n) is 5.40. The summed E-state index contributed by atoms with van der Waals surface area (Å²) in [7, 11) is 1.61. The fourth-order valence-corrected chi connectivity index (χ4v) is 1.45.